The zero-order valence-corrected chi connectivity index (χ0v) is 14.3. The molecule has 0 saturated carbocycles. The Balaban J connectivity index is 1.62. The van der Waals surface area contributed by atoms with E-state index in [9.17, 15) is 4.79 Å². The van der Waals surface area contributed by atoms with Gasteiger partial charge in [-0.25, -0.2) is 4.98 Å². The Morgan fingerprint density at radius 1 is 1.21 bits per heavy atom. The number of aromatic nitrogens is 2. The third-order valence-corrected chi connectivity index (χ3v) is 4.58. The summed E-state index contributed by atoms with van der Waals surface area (Å²) in [5.41, 5.74) is 1.61. The number of nitrogens with one attached hydrogen (secondary N) is 1. The van der Waals surface area contributed by atoms with E-state index in [0.29, 0.717) is 11.5 Å². The average Bonchev–Trinajstić information content (AvgIpc) is 2.63. The van der Waals surface area contributed by atoms with Gasteiger partial charge in [0.2, 0.25) is 0 Å². The van der Waals surface area contributed by atoms with E-state index < -0.39 is 0 Å². The van der Waals surface area contributed by atoms with Crippen LogP contribution in [-0.4, -0.2) is 33.9 Å². The van der Waals surface area contributed by atoms with E-state index in [-0.39, 0.29) is 11.9 Å². The van der Waals surface area contributed by atoms with Crippen LogP contribution in [0, 0.1) is 5.92 Å². The highest BCUT2D eigenvalue weighted by Gasteiger charge is 2.21. The lowest BCUT2D eigenvalue weighted by molar-refractivity contribution is 0.0697. The fourth-order valence-electron chi connectivity index (χ4n) is 2.93. The highest BCUT2D eigenvalue weighted by atomic mass is 16.2. The van der Waals surface area contributed by atoms with E-state index in [2.05, 4.69) is 22.2 Å². The van der Waals surface area contributed by atoms with Crippen LogP contribution in [0.25, 0.3) is 0 Å². The van der Waals surface area contributed by atoms with Crippen molar-refractivity contribution in [1.82, 2.24) is 14.9 Å². The summed E-state index contributed by atoms with van der Waals surface area (Å²) in [6, 6.07) is 9.61. The summed E-state index contributed by atoms with van der Waals surface area (Å²) < 4.78 is 0. The van der Waals surface area contributed by atoms with Crippen LogP contribution in [0.3, 0.4) is 0 Å². The van der Waals surface area contributed by atoms with Crippen LogP contribution in [0.4, 0.5) is 5.82 Å². The number of amides is 1. The molecule has 5 heteroatoms. The van der Waals surface area contributed by atoms with Crippen molar-refractivity contribution in [3.63, 3.8) is 0 Å². The van der Waals surface area contributed by atoms with Crippen molar-refractivity contribution in [2.24, 2.45) is 5.92 Å². The minimum Gasteiger partial charge on any atom is -0.362 e. The van der Waals surface area contributed by atoms with Crippen molar-refractivity contribution < 1.29 is 4.79 Å². The number of anilines is 1. The van der Waals surface area contributed by atoms with E-state index >= 15 is 0 Å². The summed E-state index contributed by atoms with van der Waals surface area (Å²) in [5, 5.41) is 3.31. The number of nitrogens with zero attached hydrogens (tertiary/aromatic N) is 3. The van der Waals surface area contributed by atoms with Crippen molar-refractivity contribution in [3.8, 4) is 0 Å². The van der Waals surface area contributed by atoms with Gasteiger partial charge in [0, 0.05) is 25.5 Å². The molecule has 2 aromatic rings. The maximum absolute atomic E-state index is 12.5. The average molecular weight is 324 g/mol. The quantitative estimate of drug-likeness (QED) is 0.935. The van der Waals surface area contributed by atoms with Crippen LogP contribution in [-0.2, 0) is 0 Å². The van der Waals surface area contributed by atoms with E-state index in [1.807, 2.05) is 42.2 Å². The number of carbonyl (C=O) groups is 1. The van der Waals surface area contributed by atoms with Gasteiger partial charge < -0.3 is 10.2 Å². The number of hydrogen-bond acceptors (Lipinski definition) is 4. The van der Waals surface area contributed by atoms with Gasteiger partial charge in [0.25, 0.3) is 5.91 Å². The van der Waals surface area contributed by atoms with Gasteiger partial charge in [-0.3, -0.25) is 9.78 Å². The smallest absolute Gasteiger partial charge is 0.255 e. The third kappa shape index (κ3) is 3.91. The Morgan fingerprint density at radius 3 is 2.62 bits per heavy atom. The minimum atomic E-state index is 0.0591. The Kier molecular flexibility index (Phi) is 5.08. The van der Waals surface area contributed by atoms with Crippen molar-refractivity contribution >= 4 is 11.7 Å². The topological polar surface area (TPSA) is 58.1 Å². The number of pyridine rings is 2. The largest absolute Gasteiger partial charge is 0.362 e. The van der Waals surface area contributed by atoms with Crippen LogP contribution in [0.5, 0.6) is 0 Å². The van der Waals surface area contributed by atoms with Gasteiger partial charge in [0.1, 0.15) is 5.82 Å². The zero-order valence-electron chi connectivity index (χ0n) is 14.3. The number of piperidine rings is 1. The van der Waals surface area contributed by atoms with Gasteiger partial charge in [-0.15, -0.1) is 0 Å². The molecule has 1 amide bonds. The normalized spacial score (nSPS) is 16.7. The molecule has 1 N–H and O–H groups in total. The van der Waals surface area contributed by atoms with Gasteiger partial charge in [0.15, 0.2) is 0 Å². The van der Waals surface area contributed by atoms with Crippen molar-refractivity contribution in [1.29, 1.82) is 0 Å². The molecule has 3 heterocycles. The minimum absolute atomic E-state index is 0.0591. The summed E-state index contributed by atoms with van der Waals surface area (Å²) in [4.78, 5) is 23.2. The fourth-order valence-corrected chi connectivity index (χ4v) is 2.93. The molecule has 1 saturated heterocycles. The maximum atomic E-state index is 12.5. The van der Waals surface area contributed by atoms with Gasteiger partial charge in [-0.1, -0.05) is 13.0 Å². The highest BCUT2D eigenvalue weighted by Crippen LogP contribution is 2.19. The Labute approximate surface area is 143 Å². The second-order valence-corrected chi connectivity index (χ2v) is 6.53. The van der Waals surface area contributed by atoms with E-state index in [1.165, 1.54) is 0 Å². The summed E-state index contributed by atoms with van der Waals surface area (Å²) in [6.45, 7) is 5.97. The summed E-state index contributed by atoms with van der Waals surface area (Å²) >= 11 is 0. The first kappa shape index (κ1) is 16.4. The van der Waals surface area contributed by atoms with Crippen molar-refractivity contribution in [2.45, 2.75) is 32.7 Å². The predicted octanol–water partition coefficient (Wildman–Crippen LogP) is 3.52. The second-order valence-electron chi connectivity index (χ2n) is 6.53. The zero-order chi connectivity index (χ0) is 16.9. The van der Waals surface area contributed by atoms with Crippen LogP contribution in [0.2, 0.25) is 0 Å². The van der Waals surface area contributed by atoms with Gasteiger partial charge >= 0.3 is 0 Å². The van der Waals surface area contributed by atoms with E-state index in [1.54, 1.807) is 12.4 Å². The Morgan fingerprint density at radius 2 is 2.00 bits per heavy atom. The molecule has 3 rings (SSSR count). The molecule has 1 aliphatic heterocycles. The lowest BCUT2D eigenvalue weighted by Crippen LogP contribution is -2.37. The molecule has 1 atom stereocenters. The number of likely N-dealkylation sites (tertiary alicyclic amines) is 1. The standard InChI is InChI=1S/C19H24N4O/c1-14-8-11-23(12-9-14)19(24)16-6-7-18(21-13-16)22-15(2)17-5-3-4-10-20-17/h3-7,10,13-15H,8-9,11-12H2,1-2H3,(H,21,22)/t15-/m0/s1. The molecule has 1 aliphatic rings. The summed E-state index contributed by atoms with van der Waals surface area (Å²) in [7, 11) is 0. The second kappa shape index (κ2) is 7.43. The molecule has 5 nitrogen and oxygen atoms in total. The van der Waals surface area contributed by atoms with Crippen LogP contribution < -0.4 is 5.32 Å². The van der Waals surface area contributed by atoms with Crippen molar-refractivity contribution in [3.05, 3.63) is 54.0 Å². The SMILES string of the molecule is CC1CCN(C(=O)c2ccc(N[C@@H](C)c3ccccn3)nc2)CC1. The number of carbonyl (C=O) groups excluding carboxylic acids is 1. The maximum Gasteiger partial charge on any atom is 0.255 e. The molecule has 2 aromatic heterocycles. The Hall–Kier alpha value is -2.43. The molecule has 0 spiro atoms. The summed E-state index contributed by atoms with van der Waals surface area (Å²) in [6.07, 6.45) is 5.61. The molecule has 0 radical (unpaired) electrons. The molecule has 0 aromatic carbocycles. The lowest BCUT2D eigenvalue weighted by atomic mass is 9.99. The van der Waals surface area contributed by atoms with Crippen LogP contribution in [0.1, 0.15) is 48.8 Å². The molecular formula is C19H24N4O. The van der Waals surface area contributed by atoms with E-state index in [0.717, 1.165) is 37.4 Å². The molecular weight excluding hydrogens is 300 g/mol. The first-order valence-electron chi connectivity index (χ1n) is 8.56. The highest BCUT2D eigenvalue weighted by molar-refractivity contribution is 5.94. The first-order valence-corrected chi connectivity index (χ1v) is 8.56. The molecule has 1 fully saturated rings. The van der Waals surface area contributed by atoms with Gasteiger partial charge in [-0.05, 0) is 49.9 Å². The monoisotopic (exact) mass is 324 g/mol. The molecule has 126 valence electrons. The molecule has 0 bridgehead atoms. The molecule has 24 heavy (non-hydrogen) atoms. The van der Waals surface area contributed by atoms with E-state index in [4.69, 9.17) is 0 Å². The molecule has 0 unspecified atom stereocenters. The number of rotatable bonds is 4. The number of hydrogen-bond donors (Lipinski definition) is 1. The van der Waals surface area contributed by atoms with Crippen molar-refractivity contribution in [2.75, 3.05) is 18.4 Å². The fraction of sp³-hybridized carbons (Fsp3) is 0.421. The Bertz CT molecular complexity index is 664. The summed E-state index contributed by atoms with van der Waals surface area (Å²) in [5.74, 6) is 1.54. The lowest BCUT2D eigenvalue weighted by Gasteiger charge is -2.30. The van der Waals surface area contributed by atoms with Gasteiger partial charge in [-0.2, -0.15) is 0 Å². The third-order valence-electron chi connectivity index (χ3n) is 4.58. The predicted molar refractivity (Wildman–Crippen MR) is 94.8 cm³/mol. The van der Waals surface area contributed by atoms with Crippen LogP contribution in [0.15, 0.2) is 42.7 Å². The van der Waals surface area contributed by atoms with Gasteiger partial charge in [0.05, 0.1) is 17.3 Å². The molecule has 0 aliphatic carbocycles. The first-order chi connectivity index (χ1) is 11.6. The van der Waals surface area contributed by atoms with Crippen LogP contribution >= 0.6 is 0 Å².